The molecule has 0 aliphatic rings. The molecule has 0 heterocycles. The van der Waals surface area contributed by atoms with Crippen LogP contribution in [0.1, 0.15) is 117 Å². The van der Waals surface area contributed by atoms with Crippen molar-refractivity contribution in [2.45, 2.75) is 123 Å². The number of rotatable bonds is 17. The van der Waals surface area contributed by atoms with Crippen LogP contribution in [-0.4, -0.2) is 17.0 Å². The summed E-state index contributed by atoms with van der Waals surface area (Å²) in [6.45, 7) is 6.34. The molecule has 0 radical (unpaired) electrons. The van der Waals surface area contributed by atoms with Crippen LogP contribution in [0.4, 0.5) is 0 Å². The first-order valence-corrected chi connectivity index (χ1v) is 10.5. The van der Waals surface area contributed by atoms with Crippen LogP contribution in [0, 0.1) is 0 Å². The molecular weight excluding hydrogens is 296 g/mol. The van der Waals surface area contributed by atoms with Gasteiger partial charge in [-0.1, -0.05) is 77.7 Å². The number of unbranched alkanes of at least 4 members (excludes halogenated alkanes) is 9. The van der Waals surface area contributed by atoms with Crippen molar-refractivity contribution in [2.24, 2.45) is 0 Å². The summed E-state index contributed by atoms with van der Waals surface area (Å²) in [6, 6.07) is 0. The number of ketones is 1. The van der Waals surface area contributed by atoms with E-state index in [0.717, 1.165) is 56.9 Å². The molecule has 0 saturated carbocycles. The van der Waals surface area contributed by atoms with Gasteiger partial charge in [0, 0.05) is 12.8 Å². The highest BCUT2D eigenvalue weighted by Crippen LogP contribution is 2.14. The van der Waals surface area contributed by atoms with Crippen LogP contribution in [0.2, 0.25) is 0 Å². The van der Waals surface area contributed by atoms with Crippen molar-refractivity contribution < 1.29 is 9.90 Å². The summed E-state index contributed by atoms with van der Waals surface area (Å²) in [4.78, 5) is 11.8. The topological polar surface area (TPSA) is 37.3 Å². The molecule has 0 aliphatic carbocycles. The van der Waals surface area contributed by atoms with E-state index in [-0.39, 0.29) is 6.10 Å². The molecule has 142 valence electrons. The molecule has 1 unspecified atom stereocenters. The highest BCUT2D eigenvalue weighted by molar-refractivity contribution is 5.78. The summed E-state index contributed by atoms with van der Waals surface area (Å²) < 4.78 is 0. The van der Waals surface area contributed by atoms with Crippen LogP contribution in [0.3, 0.4) is 0 Å². The van der Waals surface area contributed by atoms with Gasteiger partial charge in [-0.3, -0.25) is 4.79 Å². The largest absolute Gasteiger partial charge is 0.389 e. The van der Waals surface area contributed by atoms with Gasteiger partial charge in [0.05, 0.1) is 6.10 Å². The van der Waals surface area contributed by atoms with Crippen molar-refractivity contribution in [3.8, 4) is 0 Å². The lowest BCUT2D eigenvalue weighted by molar-refractivity contribution is -0.119. The third kappa shape index (κ3) is 14.9. The van der Waals surface area contributed by atoms with E-state index in [1.165, 1.54) is 44.9 Å². The Morgan fingerprint density at radius 3 is 1.88 bits per heavy atom. The smallest absolute Gasteiger partial charge is 0.132 e. The lowest BCUT2D eigenvalue weighted by Crippen LogP contribution is -2.08. The summed E-state index contributed by atoms with van der Waals surface area (Å²) in [6.07, 6.45) is 18.5. The number of carbonyl (C=O) groups excluding carboxylic acids is 1. The molecule has 0 bridgehead atoms. The Balaban J connectivity index is 3.39. The van der Waals surface area contributed by atoms with Crippen LogP contribution in [0.25, 0.3) is 0 Å². The summed E-state index contributed by atoms with van der Waals surface area (Å²) in [7, 11) is 0. The maximum absolute atomic E-state index is 11.8. The fourth-order valence-corrected chi connectivity index (χ4v) is 3.10. The third-order valence-electron chi connectivity index (χ3n) is 4.79. The zero-order valence-electron chi connectivity index (χ0n) is 16.6. The van der Waals surface area contributed by atoms with E-state index in [2.05, 4.69) is 19.9 Å². The van der Waals surface area contributed by atoms with Gasteiger partial charge >= 0.3 is 0 Å². The molecule has 0 rings (SSSR count). The molecule has 0 fully saturated rings. The molecule has 0 aromatic rings. The Labute approximate surface area is 151 Å². The number of allylic oxidation sites excluding steroid dienone is 1. The number of aliphatic hydroxyl groups excluding tert-OH is 1. The summed E-state index contributed by atoms with van der Waals surface area (Å²) in [5.74, 6) is 0.434. The second-order valence-electron chi connectivity index (χ2n) is 7.24. The maximum Gasteiger partial charge on any atom is 0.132 e. The molecule has 0 aromatic carbocycles. The average Bonchev–Trinajstić information content (AvgIpc) is 2.57. The molecule has 0 spiro atoms. The van der Waals surface area contributed by atoms with Crippen LogP contribution in [0.15, 0.2) is 11.6 Å². The maximum atomic E-state index is 11.8. The highest BCUT2D eigenvalue weighted by atomic mass is 16.3. The minimum Gasteiger partial charge on any atom is -0.389 e. The lowest BCUT2D eigenvalue weighted by atomic mass is 10.0. The van der Waals surface area contributed by atoms with Crippen molar-refractivity contribution >= 4 is 5.78 Å². The van der Waals surface area contributed by atoms with Crippen molar-refractivity contribution in [3.05, 3.63) is 11.6 Å². The van der Waals surface area contributed by atoms with Crippen molar-refractivity contribution in [3.63, 3.8) is 0 Å². The molecule has 2 nitrogen and oxygen atoms in total. The molecule has 2 heteroatoms. The average molecular weight is 339 g/mol. The number of hydrogen-bond acceptors (Lipinski definition) is 2. The zero-order chi connectivity index (χ0) is 18.0. The van der Waals surface area contributed by atoms with Gasteiger partial charge < -0.3 is 5.11 Å². The van der Waals surface area contributed by atoms with Crippen LogP contribution in [-0.2, 0) is 4.79 Å². The van der Waals surface area contributed by atoms with Crippen LogP contribution in [0.5, 0.6) is 0 Å². The Bertz CT molecular complexity index is 320. The van der Waals surface area contributed by atoms with E-state index in [1.807, 2.05) is 6.92 Å². The molecule has 0 aliphatic heterocycles. The fourth-order valence-electron chi connectivity index (χ4n) is 3.10. The van der Waals surface area contributed by atoms with E-state index in [4.69, 9.17) is 0 Å². The van der Waals surface area contributed by atoms with Gasteiger partial charge in [0.1, 0.15) is 5.78 Å². The minimum atomic E-state index is -0.294. The van der Waals surface area contributed by atoms with E-state index < -0.39 is 0 Å². The van der Waals surface area contributed by atoms with Gasteiger partial charge in [-0.25, -0.2) is 0 Å². The standard InChI is InChI=1S/C22H42O2/c1-4-6-7-8-9-10-11-13-17-21(23)18-14-12-15-19-22(24)20(3)16-5-2/h16,22,24H,4-15,17-19H2,1-3H3. The van der Waals surface area contributed by atoms with E-state index in [1.54, 1.807) is 0 Å². The first-order valence-electron chi connectivity index (χ1n) is 10.5. The molecule has 24 heavy (non-hydrogen) atoms. The Kier molecular flexibility index (Phi) is 16.7. The molecule has 1 atom stereocenters. The molecule has 0 amide bonds. The lowest BCUT2D eigenvalue weighted by Gasteiger charge is -2.10. The van der Waals surface area contributed by atoms with Gasteiger partial charge in [-0.2, -0.15) is 0 Å². The second-order valence-corrected chi connectivity index (χ2v) is 7.24. The first kappa shape index (κ1) is 23.4. The van der Waals surface area contributed by atoms with Crippen LogP contribution < -0.4 is 0 Å². The predicted octanol–water partition coefficient (Wildman–Crippen LogP) is 6.75. The summed E-state index contributed by atoms with van der Waals surface area (Å²) in [5, 5.41) is 9.96. The zero-order valence-corrected chi connectivity index (χ0v) is 16.6. The van der Waals surface area contributed by atoms with Gasteiger partial charge in [-0.05, 0) is 38.2 Å². The van der Waals surface area contributed by atoms with Gasteiger partial charge in [0.25, 0.3) is 0 Å². The summed E-state index contributed by atoms with van der Waals surface area (Å²) in [5.41, 5.74) is 1.09. The number of Topliss-reactive ketones (excluding diaryl/α,β-unsaturated/α-hetero) is 1. The van der Waals surface area contributed by atoms with Crippen molar-refractivity contribution in [1.82, 2.24) is 0 Å². The predicted molar refractivity (Wildman–Crippen MR) is 105 cm³/mol. The highest BCUT2D eigenvalue weighted by Gasteiger charge is 2.06. The van der Waals surface area contributed by atoms with E-state index in [0.29, 0.717) is 5.78 Å². The van der Waals surface area contributed by atoms with E-state index >= 15 is 0 Å². The SMILES string of the molecule is CCC=C(C)C(O)CCCCCC(=O)CCCCCCCCCC. The molecule has 0 saturated heterocycles. The second kappa shape index (κ2) is 17.2. The number of hydrogen-bond donors (Lipinski definition) is 1. The fraction of sp³-hybridized carbons (Fsp3) is 0.864. The summed E-state index contributed by atoms with van der Waals surface area (Å²) >= 11 is 0. The van der Waals surface area contributed by atoms with Crippen molar-refractivity contribution in [1.29, 1.82) is 0 Å². The third-order valence-corrected chi connectivity index (χ3v) is 4.79. The quantitative estimate of drug-likeness (QED) is 0.235. The van der Waals surface area contributed by atoms with Gasteiger partial charge in [0.15, 0.2) is 0 Å². The normalized spacial score (nSPS) is 13.2. The van der Waals surface area contributed by atoms with Gasteiger partial charge in [0.2, 0.25) is 0 Å². The minimum absolute atomic E-state index is 0.294. The number of carbonyl (C=O) groups is 1. The Hall–Kier alpha value is -0.630. The molecule has 1 N–H and O–H groups in total. The number of aliphatic hydroxyl groups is 1. The Morgan fingerprint density at radius 2 is 1.33 bits per heavy atom. The van der Waals surface area contributed by atoms with E-state index in [9.17, 15) is 9.90 Å². The van der Waals surface area contributed by atoms with Crippen molar-refractivity contribution in [2.75, 3.05) is 0 Å². The van der Waals surface area contributed by atoms with Crippen LogP contribution >= 0.6 is 0 Å². The monoisotopic (exact) mass is 338 g/mol. The first-order chi connectivity index (χ1) is 11.6. The molecular formula is C22H42O2. The Morgan fingerprint density at radius 1 is 0.833 bits per heavy atom. The molecule has 0 aromatic heterocycles. The van der Waals surface area contributed by atoms with Gasteiger partial charge in [-0.15, -0.1) is 0 Å².